The number of hydrogen-bond donors (Lipinski definition) is 3. The second-order valence-electron chi connectivity index (χ2n) is 3.61. The Morgan fingerprint density at radius 1 is 1.47 bits per heavy atom. The number of guanidine groups is 1. The summed E-state index contributed by atoms with van der Waals surface area (Å²) in [5.74, 6) is 5.74. The molecule has 0 aliphatic carbocycles. The normalized spacial score (nSPS) is 18.9. The van der Waals surface area contributed by atoms with Crippen molar-refractivity contribution in [1.29, 1.82) is 0 Å². The van der Waals surface area contributed by atoms with Gasteiger partial charge < -0.3 is 10.2 Å². The maximum atomic E-state index is 11.9. The van der Waals surface area contributed by atoms with E-state index in [1.165, 1.54) is 0 Å². The van der Waals surface area contributed by atoms with Crippen molar-refractivity contribution >= 4 is 11.9 Å². The smallest absolute Gasteiger partial charge is 0.244 e. The van der Waals surface area contributed by atoms with Crippen molar-refractivity contribution < 1.29 is 4.79 Å². The van der Waals surface area contributed by atoms with Gasteiger partial charge >= 0.3 is 0 Å². The molecule has 1 amide bonds. The molecule has 1 heterocycles. The predicted octanol–water partition coefficient (Wildman–Crippen LogP) is -0.964. The third-order valence-corrected chi connectivity index (χ3v) is 2.50. The summed E-state index contributed by atoms with van der Waals surface area (Å²) >= 11 is 0. The standard InChI is InChI=1S/C9H19N5O/c1-7(12-9(11-2)13-10)8(15)14-5-3-4-6-14/h7H,3-6,10H2,1-2H3,(H2,11,12,13). The lowest BCUT2D eigenvalue weighted by Crippen LogP contribution is -2.51. The number of rotatable bonds is 2. The first-order valence-corrected chi connectivity index (χ1v) is 5.17. The quantitative estimate of drug-likeness (QED) is 0.239. The minimum absolute atomic E-state index is 0.101. The first kappa shape index (κ1) is 11.8. The maximum Gasteiger partial charge on any atom is 0.244 e. The molecule has 0 saturated carbocycles. The van der Waals surface area contributed by atoms with Crippen LogP contribution in [0.1, 0.15) is 19.8 Å². The molecule has 1 unspecified atom stereocenters. The van der Waals surface area contributed by atoms with E-state index in [9.17, 15) is 4.79 Å². The molecule has 1 rings (SSSR count). The fourth-order valence-electron chi connectivity index (χ4n) is 1.65. The molecule has 0 spiro atoms. The fourth-order valence-corrected chi connectivity index (χ4v) is 1.65. The van der Waals surface area contributed by atoms with E-state index in [4.69, 9.17) is 5.84 Å². The Morgan fingerprint density at radius 2 is 2.07 bits per heavy atom. The summed E-state index contributed by atoms with van der Waals surface area (Å²) in [6.45, 7) is 3.53. The van der Waals surface area contributed by atoms with Gasteiger partial charge in [0.25, 0.3) is 0 Å². The monoisotopic (exact) mass is 213 g/mol. The number of amides is 1. The zero-order valence-corrected chi connectivity index (χ0v) is 9.29. The number of carbonyl (C=O) groups is 1. The summed E-state index contributed by atoms with van der Waals surface area (Å²) in [6, 6.07) is -0.294. The van der Waals surface area contributed by atoms with Gasteiger partial charge in [-0.15, -0.1) is 0 Å². The lowest BCUT2D eigenvalue weighted by molar-refractivity contribution is -0.131. The van der Waals surface area contributed by atoms with Crippen molar-refractivity contribution in [3.05, 3.63) is 0 Å². The van der Waals surface area contributed by atoms with Gasteiger partial charge in [0, 0.05) is 20.1 Å². The highest BCUT2D eigenvalue weighted by Gasteiger charge is 2.23. The van der Waals surface area contributed by atoms with Crippen LogP contribution in [0.5, 0.6) is 0 Å². The molecule has 0 aromatic carbocycles. The molecule has 6 nitrogen and oxygen atoms in total. The Hall–Kier alpha value is -1.30. The van der Waals surface area contributed by atoms with Gasteiger partial charge in [-0.1, -0.05) is 0 Å². The largest absolute Gasteiger partial charge is 0.344 e. The second kappa shape index (κ2) is 5.55. The third-order valence-electron chi connectivity index (χ3n) is 2.50. The van der Waals surface area contributed by atoms with Gasteiger partial charge in [0.2, 0.25) is 11.9 Å². The number of carbonyl (C=O) groups excluding carboxylic acids is 1. The van der Waals surface area contributed by atoms with E-state index in [1.807, 2.05) is 11.8 Å². The highest BCUT2D eigenvalue weighted by atomic mass is 16.2. The number of nitrogens with two attached hydrogens (primary N) is 1. The summed E-state index contributed by atoms with van der Waals surface area (Å²) < 4.78 is 0. The molecular formula is C9H19N5O. The highest BCUT2D eigenvalue weighted by molar-refractivity contribution is 5.88. The van der Waals surface area contributed by atoms with Crippen LogP contribution in [0, 0.1) is 0 Å². The molecule has 1 saturated heterocycles. The first-order chi connectivity index (χ1) is 7.19. The summed E-state index contributed by atoms with van der Waals surface area (Å²) in [5.41, 5.74) is 2.40. The maximum absolute atomic E-state index is 11.9. The molecule has 1 aliphatic heterocycles. The molecule has 0 bridgehead atoms. The van der Waals surface area contributed by atoms with Crippen LogP contribution in [0.25, 0.3) is 0 Å². The summed E-state index contributed by atoms with van der Waals surface area (Å²) in [5, 5.41) is 2.92. The van der Waals surface area contributed by atoms with Gasteiger partial charge in [0.15, 0.2) is 0 Å². The van der Waals surface area contributed by atoms with Gasteiger partial charge in [-0.05, 0) is 19.8 Å². The van der Waals surface area contributed by atoms with Crippen LogP contribution in [0.2, 0.25) is 0 Å². The lowest BCUT2D eigenvalue weighted by atomic mass is 10.3. The van der Waals surface area contributed by atoms with E-state index in [-0.39, 0.29) is 11.9 Å². The Balaban J connectivity index is 2.45. The van der Waals surface area contributed by atoms with Crippen LogP contribution >= 0.6 is 0 Å². The SMILES string of the molecule is CN=C(NN)NC(C)C(=O)N1CCCC1. The molecule has 1 atom stereocenters. The van der Waals surface area contributed by atoms with Crippen molar-refractivity contribution in [2.75, 3.05) is 20.1 Å². The number of aliphatic imine (C=N–C) groups is 1. The molecule has 86 valence electrons. The Kier molecular flexibility index (Phi) is 4.36. The summed E-state index contributed by atoms with van der Waals surface area (Å²) in [7, 11) is 1.61. The van der Waals surface area contributed by atoms with E-state index < -0.39 is 0 Å². The van der Waals surface area contributed by atoms with E-state index in [0.29, 0.717) is 5.96 Å². The zero-order chi connectivity index (χ0) is 11.3. The minimum atomic E-state index is -0.294. The van der Waals surface area contributed by atoms with Gasteiger partial charge in [0.1, 0.15) is 6.04 Å². The van der Waals surface area contributed by atoms with Gasteiger partial charge in [-0.3, -0.25) is 15.2 Å². The molecule has 0 aromatic heterocycles. The lowest BCUT2D eigenvalue weighted by Gasteiger charge is -2.22. The molecule has 1 fully saturated rings. The molecule has 1 aliphatic rings. The highest BCUT2D eigenvalue weighted by Crippen LogP contribution is 2.08. The van der Waals surface area contributed by atoms with Gasteiger partial charge in [-0.2, -0.15) is 0 Å². The molecule has 0 aromatic rings. The third kappa shape index (κ3) is 3.09. The van der Waals surface area contributed by atoms with Crippen molar-refractivity contribution in [3.63, 3.8) is 0 Å². The van der Waals surface area contributed by atoms with Crippen LogP contribution in [-0.4, -0.2) is 42.9 Å². The number of nitrogens with zero attached hydrogens (tertiary/aromatic N) is 2. The van der Waals surface area contributed by atoms with Crippen LogP contribution in [0.4, 0.5) is 0 Å². The molecule has 4 N–H and O–H groups in total. The fraction of sp³-hybridized carbons (Fsp3) is 0.778. The minimum Gasteiger partial charge on any atom is -0.344 e. The number of hydrogen-bond acceptors (Lipinski definition) is 3. The van der Waals surface area contributed by atoms with E-state index >= 15 is 0 Å². The van der Waals surface area contributed by atoms with Crippen molar-refractivity contribution in [1.82, 2.24) is 15.6 Å². The molecular weight excluding hydrogens is 194 g/mol. The van der Waals surface area contributed by atoms with Crippen molar-refractivity contribution in [2.24, 2.45) is 10.8 Å². The van der Waals surface area contributed by atoms with Crippen LogP contribution in [0.3, 0.4) is 0 Å². The number of likely N-dealkylation sites (tertiary alicyclic amines) is 1. The Bertz CT molecular complexity index is 247. The van der Waals surface area contributed by atoms with E-state index in [0.717, 1.165) is 25.9 Å². The average molecular weight is 213 g/mol. The zero-order valence-electron chi connectivity index (χ0n) is 9.29. The number of hydrazine groups is 1. The van der Waals surface area contributed by atoms with Crippen molar-refractivity contribution in [3.8, 4) is 0 Å². The topological polar surface area (TPSA) is 82.7 Å². The Labute approximate surface area is 89.9 Å². The van der Waals surface area contributed by atoms with Crippen LogP contribution < -0.4 is 16.6 Å². The summed E-state index contributed by atoms with van der Waals surface area (Å²) in [4.78, 5) is 17.6. The second-order valence-corrected chi connectivity index (χ2v) is 3.61. The van der Waals surface area contributed by atoms with Crippen LogP contribution in [-0.2, 0) is 4.79 Å². The van der Waals surface area contributed by atoms with Crippen LogP contribution in [0.15, 0.2) is 4.99 Å². The van der Waals surface area contributed by atoms with Crippen molar-refractivity contribution in [2.45, 2.75) is 25.8 Å². The molecule has 15 heavy (non-hydrogen) atoms. The first-order valence-electron chi connectivity index (χ1n) is 5.17. The average Bonchev–Trinajstić information content (AvgIpc) is 2.77. The molecule has 0 radical (unpaired) electrons. The Morgan fingerprint density at radius 3 is 2.53 bits per heavy atom. The number of nitrogens with one attached hydrogen (secondary N) is 2. The van der Waals surface area contributed by atoms with Gasteiger partial charge in [0.05, 0.1) is 0 Å². The predicted molar refractivity (Wildman–Crippen MR) is 59.1 cm³/mol. The molecule has 6 heteroatoms. The van der Waals surface area contributed by atoms with E-state index in [1.54, 1.807) is 7.05 Å². The summed E-state index contributed by atoms with van der Waals surface area (Å²) in [6.07, 6.45) is 2.20. The van der Waals surface area contributed by atoms with E-state index in [2.05, 4.69) is 15.7 Å². The van der Waals surface area contributed by atoms with Gasteiger partial charge in [-0.25, -0.2) is 5.84 Å².